The summed E-state index contributed by atoms with van der Waals surface area (Å²) in [6.07, 6.45) is 2.14. The lowest BCUT2D eigenvalue weighted by atomic mass is 9.93. The van der Waals surface area contributed by atoms with Crippen molar-refractivity contribution in [3.05, 3.63) is 34.1 Å². The van der Waals surface area contributed by atoms with Crippen molar-refractivity contribution in [2.45, 2.75) is 31.4 Å². The van der Waals surface area contributed by atoms with Crippen LogP contribution in [0.25, 0.3) is 0 Å². The maximum absolute atomic E-state index is 14.0. The van der Waals surface area contributed by atoms with Gasteiger partial charge in [-0.3, -0.25) is 5.32 Å². The molecular weight excluding hydrogens is 311 g/mol. The van der Waals surface area contributed by atoms with Crippen LogP contribution in [0.5, 0.6) is 0 Å². The minimum atomic E-state index is -1.04. The van der Waals surface area contributed by atoms with E-state index in [2.05, 4.69) is 27.3 Å². The molecule has 102 valence electrons. The Morgan fingerprint density at radius 3 is 3.00 bits per heavy atom. The van der Waals surface area contributed by atoms with Crippen molar-refractivity contribution in [2.75, 3.05) is 13.2 Å². The summed E-state index contributed by atoms with van der Waals surface area (Å²) in [6, 6.07) is 6.90. The summed E-state index contributed by atoms with van der Waals surface area (Å²) in [6.45, 7) is 3.01. The molecule has 3 nitrogen and oxygen atoms in total. The van der Waals surface area contributed by atoms with Crippen molar-refractivity contribution in [1.82, 2.24) is 5.32 Å². The second kappa shape index (κ2) is 6.00. The summed E-state index contributed by atoms with van der Waals surface area (Å²) in [4.78, 5) is 0. The molecule has 2 rings (SSSR count). The number of halogens is 2. The molecule has 2 atom stereocenters. The molecule has 19 heavy (non-hydrogen) atoms. The van der Waals surface area contributed by atoms with Gasteiger partial charge in [0.05, 0.1) is 12.2 Å². The van der Waals surface area contributed by atoms with Crippen LogP contribution in [0.2, 0.25) is 0 Å². The molecule has 0 aliphatic carbocycles. The lowest BCUT2D eigenvalue weighted by molar-refractivity contribution is 0.105. The largest absolute Gasteiger partial charge is 0.377 e. The number of hydrogen-bond acceptors (Lipinski definition) is 3. The van der Waals surface area contributed by atoms with Crippen LogP contribution in [0.4, 0.5) is 4.39 Å². The Morgan fingerprint density at radius 2 is 2.42 bits per heavy atom. The highest BCUT2D eigenvalue weighted by atomic mass is 79.9. The maximum Gasteiger partial charge on any atom is 0.132 e. The Balaban J connectivity index is 2.14. The van der Waals surface area contributed by atoms with E-state index in [4.69, 9.17) is 4.74 Å². The first-order valence-corrected chi connectivity index (χ1v) is 7.08. The number of benzene rings is 1. The van der Waals surface area contributed by atoms with E-state index in [1.165, 1.54) is 6.07 Å². The average Bonchev–Trinajstić information content (AvgIpc) is 2.89. The number of rotatable bonds is 4. The van der Waals surface area contributed by atoms with Gasteiger partial charge in [0.25, 0.3) is 0 Å². The summed E-state index contributed by atoms with van der Waals surface area (Å²) in [5, 5.41) is 12.5. The van der Waals surface area contributed by atoms with E-state index in [1.54, 1.807) is 19.1 Å². The van der Waals surface area contributed by atoms with Gasteiger partial charge in [0.2, 0.25) is 0 Å². The molecule has 1 N–H and O–H groups in total. The average molecular weight is 327 g/mol. The van der Waals surface area contributed by atoms with Crippen LogP contribution < -0.4 is 5.32 Å². The Bertz CT molecular complexity index is 497. The summed E-state index contributed by atoms with van der Waals surface area (Å²) in [7, 11) is 0. The van der Waals surface area contributed by atoms with Crippen LogP contribution in [-0.2, 0) is 10.3 Å². The standard InChI is InChI=1S/C14H16BrFN2O/c1-14(9-17,18-8-11-3-2-6-19-11)12-5-4-10(15)7-13(12)16/h4-5,7,11,18H,2-3,6,8H2,1H3. The highest BCUT2D eigenvalue weighted by molar-refractivity contribution is 9.10. The molecule has 1 saturated heterocycles. The Labute approximate surface area is 120 Å². The summed E-state index contributed by atoms with van der Waals surface area (Å²) < 4.78 is 20.1. The molecule has 2 unspecified atom stereocenters. The molecule has 0 aromatic heterocycles. The fraction of sp³-hybridized carbons (Fsp3) is 0.500. The van der Waals surface area contributed by atoms with Gasteiger partial charge < -0.3 is 4.74 Å². The SMILES string of the molecule is CC(C#N)(NCC1CCCO1)c1ccc(Br)cc1F. The molecule has 1 aromatic carbocycles. The van der Waals surface area contributed by atoms with Crippen molar-refractivity contribution < 1.29 is 9.13 Å². The number of nitriles is 1. The zero-order chi connectivity index (χ0) is 13.9. The van der Waals surface area contributed by atoms with Gasteiger partial charge in [0.1, 0.15) is 11.4 Å². The van der Waals surface area contributed by atoms with E-state index >= 15 is 0 Å². The second-order valence-electron chi connectivity index (χ2n) is 4.88. The molecule has 0 radical (unpaired) electrons. The van der Waals surface area contributed by atoms with Crippen molar-refractivity contribution in [3.8, 4) is 6.07 Å². The normalized spacial score (nSPS) is 21.9. The monoisotopic (exact) mass is 326 g/mol. The van der Waals surface area contributed by atoms with Crippen LogP contribution >= 0.6 is 15.9 Å². The third-order valence-corrected chi connectivity index (χ3v) is 3.89. The van der Waals surface area contributed by atoms with Crippen molar-refractivity contribution in [3.63, 3.8) is 0 Å². The number of nitrogens with zero attached hydrogens (tertiary/aromatic N) is 1. The Hall–Kier alpha value is -0.960. The van der Waals surface area contributed by atoms with E-state index in [1.807, 2.05) is 0 Å². The van der Waals surface area contributed by atoms with E-state index in [0.29, 0.717) is 16.6 Å². The first-order valence-electron chi connectivity index (χ1n) is 6.28. The van der Waals surface area contributed by atoms with Crippen molar-refractivity contribution in [2.24, 2.45) is 0 Å². The fourth-order valence-electron chi connectivity index (χ4n) is 2.21. The lowest BCUT2D eigenvalue weighted by Crippen LogP contribution is -2.43. The molecule has 1 heterocycles. The smallest absolute Gasteiger partial charge is 0.132 e. The number of ether oxygens (including phenoxy) is 1. The first kappa shape index (κ1) is 14.4. The van der Waals surface area contributed by atoms with Gasteiger partial charge in [-0.1, -0.05) is 22.0 Å². The van der Waals surface area contributed by atoms with Gasteiger partial charge in [0.15, 0.2) is 0 Å². The molecule has 0 amide bonds. The van der Waals surface area contributed by atoms with Gasteiger partial charge in [-0.05, 0) is 31.9 Å². The summed E-state index contributed by atoms with van der Waals surface area (Å²) in [5.74, 6) is -0.390. The Kier molecular flexibility index (Phi) is 4.56. The molecule has 5 heteroatoms. The predicted molar refractivity (Wildman–Crippen MR) is 74.0 cm³/mol. The fourth-order valence-corrected chi connectivity index (χ4v) is 2.55. The van der Waals surface area contributed by atoms with E-state index in [9.17, 15) is 9.65 Å². The van der Waals surface area contributed by atoms with Crippen molar-refractivity contribution >= 4 is 15.9 Å². The van der Waals surface area contributed by atoms with Crippen LogP contribution in [0.15, 0.2) is 22.7 Å². The highest BCUT2D eigenvalue weighted by Gasteiger charge is 2.30. The van der Waals surface area contributed by atoms with Crippen LogP contribution in [0.3, 0.4) is 0 Å². The molecule has 1 aliphatic heterocycles. The summed E-state index contributed by atoms with van der Waals surface area (Å²) >= 11 is 3.21. The third-order valence-electron chi connectivity index (χ3n) is 3.40. The van der Waals surface area contributed by atoms with Gasteiger partial charge in [-0.25, -0.2) is 4.39 Å². The van der Waals surface area contributed by atoms with Gasteiger partial charge >= 0.3 is 0 Å². The zero-order valence-electron chi connectivity index (χ0n) is 10.7. The molecule has 0 spiro atoms. The van der Waals surface area contributed by atoms with Crippen LogP contribution in [0, 0.1) is 17.1 Å². The first-order chi connectivity index (χ1) is 9.05. The van der Waals surface area contributed by atoms with Crippen molar-refractivity contribution in [1.29, 1.82) is 5.26 Å². The van der Waals surface area contributed by atoms with Gasteiger partial charge in [-0.15, -0.1) is 0 Å². The second-order valence-corrected chi connectivity index (χ2v) is 5.79. The van der Waals surface area contributed by atoms with Gasteiger partial charge in [-0.2, -0.15) is 5.26 Å². The summed E-state index contributed by atoms with van der Waals surface area (Å²) in [5.41, 5.74) is -0.687. The maximum atomic E-state index is 14.0. The topological polar surface area (TPSA) is 45.0 Å². The third kappa shape index (κ3) is 3.33. The van der Waals surface area contributed by atoms with E-state index in [0.717, 1.165) is 19.4 Å². The molecule has 0 bridgehead atoms. The zero-order valence-corrected chi connectivity index (χ0v) is 12.3. The van der Waals surface area contributed by atoms with Crippen LogP contribution in [-0.4, -0.2) is 19.3 Å². The highest BCUT2D eigenvalue weighted by Crippen LogP contribution is 2.26. The number of nitrogens with one attached hydrogen (secondary N) is 1. The molecule has 1 fully saturated rings. The van der Waals surface area contributed by atoms with Gasteiger partial charge in [0, 0.05) is 23.2 Å². The molecular formula is C14H16BrFN2O. The molecule has 1 aliphatic rings. The lowest BCUT2D eigenvalue weighted by Gasteiger charge is -2.26. The number of hydrogen-bond donors (Lipinski definition) is 1. The quantitative estimate of drug-likeness (QED) is 0.924. The minimum absolute atomic E-state index is 0.117. The van der Waals surface area contributed by atoms with E-state index < -0.39 is 11.4 Å². The molecule has 0 saturated carbocycles. The van der Waals surface area contributed by atoms with Crippen LogP contribution in [0.1, 0.15) is 25.3 Å². The predicted octanol–water partition coefficient (Wildman–Crippen LogP) is 3.10. The minimum Gasteiger partial charge on any atom is -0.377 e. The van der Waals surface area contributed by atoms with E-state index in [-0.39, 0.29) is 6.10 Å². The molecule has 1 aromatic rings. The Morgan fingerprint density at radius 1 is 1.63 bits per heavy atom.